The highest BCUT2D eigenvalue weighted by atomic mass is 32.1. The van der Waals surface area contributed by atoms with Crippen LogP contribution in [0.25, 0.3) is 6.08 Å². The van der Waals surface area contributed by atoms with Gasteiger partial charge in [-0.1, -0.05) is 41.2 Å². The highest BCUT2D eigenvalue weighted by Crippen LogP contribution is 2.37. The number of ether oxygens (including phenoxy) is 2. The summed E-state index contributed by atoms with van der Waals surface area (Å²) in [6, 6.07) is 9.28. The predicted octanol–water partition coefficient (Wildman–Crippen LogP) is 2.73. The lowest BCUT2D eigenvalue weighted by Gasteiger charge is -2.24. The summed E-state index contributed by atoms with van der Waals surface area (Å²) in [5, 5.41) is 21.4. The van der Waals surface area contributed by atoms with Gasteiger partial charge in [0.2, 0.25) is 5.75 Å². The van der Waals surface area contributed by atoms with E-state index in [0.29, 0.717) is 16.1 Å². The van der Waals surface area contributed by atoms with E-state index in [-0.39, 0.29) is 28.0 Å². The first-order valence-corrected chi connectivity index (χ1v) is 11.8. The molecule has 11 heteroatoms. The Labute approximate surface area is 209 Å². The number of aryl methyl sites for hydroxylation is 1. The second-order valence-corrected chi connectivity index (χ2v) is 9.07. The number of aromatic hydroxyl groups is 1. The molecule has 0 aliphatic carbocycles. The molecule has 2 heterocycles. The standard InChI is InChI=1S/C25H23N3O7S/c1-5-35-24(31)20-14(3)26-25-27(21(20)16-8-6-13(2)7-9-16)23(30)19(36-25)12-15-10-17(28(32)33)22(29)18(11-15)34-4/h6-12,21,29H,5H2,1-4H3/b19-12+/t21-/m1/s1. The van der Waals surface area contributed by atoms with Gasteiger partial charge < -0.3 is 14.6 Å². The number of thiazole rings is 1. The fraction of sp³-hybridized carbons (Fsp3) is 0.240. The van der Waals surface area contributed by atoms with Gasteiger partial charge in [0.25, 0.3) is 5.56 Å². The number of phenolic OH excluding ortho intramolecular Hbond substituents is 1. The van der Waals surface area contributed by atoms with Crippen LogP contribution in [0.4, 0.5) is 5.69 Å². The van der Waals surface area contributed by atoms with Gasteiger partial charge >= 0.3 is 11.7 Å². The maximum Gasteiger partial charge on any atom is 0.338 e. The van der Waals surface area contributed by atoms with E-state index in [9.17, 15) is 24.8 Å². The van der Waals surface area contributed by atoms with Crippen molar-refractivity contribution >= 4 is 29.1 Å². The monoisotopic (exact) mass is 509 g/mol. The van der Waals surface area contributed by atoms with Gasteiger partial charge in [-0.05, 0) is 44.0 Å². The summed E-state index contributed by atoms with van der Waals surface area (Å²) in [6.45, 7) is 5.50. The number of fused-ring (bicyclic) bond motifs is 1. The highest BCUT2D eigenvalue weighted by molar-refractivity contribution is 7.07. The molecule has 3 aromatic rings. The lowest BCUT2D eigenvalue weighted by Crippen LogP contribution is -2.39. The zero-order chi connectivity index (χ0) is 26.1. The number of nitro groups is 1. The fourth-order valence-corrected chi connectivity index (χ4v) is 5.05. The van der Waals surface area contributed by atoms with Crippen molar-refractivity contribution < 1.29 is 24.3 Å². The van der Waals surface area contributed by atoms with Crippen LogP contribution >= 0.6 is 11.3 Å². The molecular weight excluding hydrogens is 486 g/mol. The summed E-state index contributed by atoms with van der Waals surface area (Å²) < 4.78 is 12.0. The van der Waals surface area contributed by atoms with Crippen LogP contribution in [-0.4, -0.2) is 34.3 Å². The van der Waals surface area contributed by atoms with Gasteiger partial charge in [0, 0.05) is 6.07 Å². The van der Waals surface area contributed by atoms with Gasteiger partial charge in [-0.25, -0.2) is 9.79 Å². The molecule has 1 N–H and O–H groups in total. The normalized spacial score (nSPS) is 15.3. The molecule has 2 aromatic carbocycles. The third-order valence-electron chi connectivity index (χ3n) is 5.70. The van der Waals surface area contributed by atoms with Gasteiger partial charge in [0.15, 0.2) is 10.6 Å². The van der Waals surface area contributed by atoms with Crippen molar-refractivity contribution in [1.82, 2.24) is 4.57 Å². The molecule has 0 radical (unpaired) electrons. The second kappa shape index (κ2) is 9.78. The van der Waals surface area contributed by atoms with E-state index in [1.165, 1.54) is 23.8 Å². The summed E-state index contributed by atoms with van der Waals surface area (Å²) in [6.07, 6.45) is 1.47. The molecule has 0 amide bonds. The SMILES string of the molecule is CCOC(=O)C1=C(C)N=c2s/c(=C/c3cc(OC)c(O)c([N+](=O)[O-])c3)c(=O)n2[C@@H]1c1ccc(C)cc1. The van der Waals surface area contributed by atoms with Gasteiger partial charge in [0.05, 0.1) is 40.5 Å². The minimum absolute atomic E-state index is 0.0961. The van der Waals surface area contributed by atoms with Gasteiger partial charge in [-0.15, -0.1) is 0 Å². The van der Waals surface area contributed by atoms with Crippen LogP contribution in [0.2, 0.25) is 0 Å². The van der Waals surface area contributed by atoms with Crippen molar-refractivity contribution in [3.63, 3.8) is 0 Å². The van der Waals surface area contributed by atoms with Crippen LogP contribution in [0.5, 0.6) is 11.5 Å². The number of esters is 1. The third kappa shape index (κ3) is 4.40. The highest BCUT2D eigenvalue weighted by Gasteiger charge is 2.33. The van der Waals surface area contributed by atoms with Crippen molar-refractivity contribution in [1.29, 1.82) is 0 Å². The van der Waals surface area contributed by atoms with Crippen LogP contribution in [-0.2, 0) is 9.53 Å². The first-order valence-electron chi connectivity index (χ1n) is 11.0. The number of hydrogen-bond donors (Lipinski definition) is 1. The van der Waals surface area contributed by atoms with Gasteiger partial charge in [-0.3, -0.25) is 19.5 Å². The number of benzene rings is 2. The van der Waals surface area contributed by atoms with E-state index in [2.05, 4.69) is 4.99 Å². The first-order chi connectivity index (χ1) is 17.2. The molecule has 10 nitrogen and oxygen atoms in total. The Morgan fingerprint density at radius 1 is 1.28 bits per heavy atom. The first kappa shape index (κ1) is 24.9. The summed E-state index contributed by atoms with van der Waals surface area (Å²) in [5.74, 6) is -1.26. The molecule has 0 saturated carbocycles. The number of methoxy groups -OCH3 is 1. The number of nitrogens with zero attached hydrogens (tertiary/aromatic N) is 3. The molecule has 36 heavy (non-hydrogen) atoms. The lowest BCUT2D eigenvalue weighted by molar-refractivity contribution is -0.386. The Hall–Kier alpha value is -4.25. The van der Waals surface area contributed by atoms with Crippen molar-refractivity contribution in [3.8, 4) is 11.5 Å². The number of nitro benzene ring substituents is 1. The second-order valence-electron chi connectivity index (χ2n) is 8.06. The molecule has 1 aliphatic heterocycles. The number of phenols is 1. The zero-order valence-electron chi connectivity index (χ0n) is 20.0. The smallest absolute Gasteiger partial charge is 0.338 e. The van der Waals surface area contributed by atoms with E-state index < -0.39 is 33.9 Å². The number of carbonyl (C=O) groups excluding carboxylic acids is 1. The molecule has 0 bridgehead atoms. The third-order valence-corrected chi connectivity index (χ3v) is 6.68. The predicted molar refractivity (Wildman–Crippen MR) is 133 cm³/mol. The zero-order valence-corrected chi connectivity index (χ0v) is 20.8. The average molecular weight is 510 g/mol. The van der Waals surface area contributed by atoms with Crippen LogP contribution in [0.15, 0.2) is 57.5 Å². The Morgan fingerprint density at radius 3 is 2.58 bits per heavy atom. The number of carbonyl (C=O) groups is 1. The number of aromatic nitrogens is 1. The molecule has 0 unspecified atom stereocenters. The van der Waals surface area contributed by atoms with Crippen molar-refractivity contribution in [2.24, 2.45) is 4.99 Å². The summed E-state index contributed by atoms with van der Waals surface area (Å²) in [7, 11) is 1.28. The molecular formula is C25H23N3O7S. The Balaban J connectivity index is 1.96. The minimum atomic E-state index is -0.758. The van der Waals surface area contributed by atoms with E-state index in [0.717, 1.165) is 23.0 Å². The molecule has 1 atom stereocenters. The van der Waals surface area contributed by atoms with Crippen molar-refractivity contribution in [2.75, 3.05) is 13.7 Å². The molecule has 1 aliphatic rings. The molecule has 0 spiro atoms. The summed E-state index contributed by atoms with van der Waals surface area (Å²) >= 11 is 1.09. The Morgan fingerprint density at radius 2 is 1.97 bits per heavy atom. The van der Waals surface area contributed by atoms with Crippen molar-refractivity contribution in [2.45, 2.75) is 26.8 Å². The number of allylic oxidation sites excluding steroid dienone is 1. The molecule has 0 fully saturated rings. The van der Waals surface area contributed by atoms with Crippen LogP contribution in [0.1, 0.15) is 36.6 Å². The maximum absolute atomic E-state index is 13.6. The van der Waals surface area contributed by atoms with E-state index >= 15 is 0 Å². The van der Waals surface area contributed by atoms with E-state index in [1.54, 1.807) is 13.8 Å². The van der Waals surface area contributed by atoms with E-state index in [4.69, 9.17) is 9.47 Å². The topological polar surface area (TPSA) is 133 Å². The average Bonchev–Trinajstić information content (AvgIpc) is 3.13. The number of hydrogen-bond acceptors (Lipinski definition) is 9. The molecule has 186 valence electrons. The molecule has 0 saturated heterocycles. The molecule has 4 rings (SSSR count). The summed E-state index contributed by atoms with van der Waals surface area (Å²) in [5.41, 5.74) is 1.75. The quantitative estimate of drug-likeness (QED) is 0.307. The van der Waals surface area contributed by atoms with Gasteiger partial charge in [0.1, 0.15) is 0 Å². The minimum Gasteiger partial charge on any atom is -0.500 e. The number of rotatable bonds is 6. The molecule has 1 aromatic heterocycles. The lowest BCUT2D eigenvalue weighted by atomic mass is 9.95. The van der Waals surface area contributed by atoms with Crippen LogP contribution in [0.3, 0.4) is 0 Å². The van der Waals surface area contributed by atoms with Crippen LogP contribution in [0, 0.1) is 17.0 Å². The fourth-order valence-electron chi connectivity index (χ4n) is 4.00. The largest absolute Gasteiger partial charge is 0.500 e. The summed E-state index contributed by atoms with van der Waals surface area (Å²) in [4.78, 5) is 42.1. The van der Waals surface area contributed by atoms with Crippen LogP contribution < -0.4 is 19.6 Å². The Kier molecular flexibility index (Phi) is 6.75. The maximum atomic E-state index is 13.6. The van der Waals surface area contributed by atoms with Gasteiger partial charge in [-0.2, -0.15) is 0 Å². The van der Waals surface area contributed by atoms with Crippen molar-refractivity contribution in [3.05, 3.63) is 94.2 Å². The van der Waals surface area contributed by atoms with E-state index in [1.807, 2.05) is 31.2 Å². The Bertz CT molecular complexity index is 1580.